The van der Waals surface area contributed by atoms with Crippen molar-refractivity contribution in [3.63, 3.8) is 0 Å². The number of hydrogen-bond acceptors (Lipinski definition) is 8. The number of aryl methyl sites for hydroxylation is 1. The van der Waals surface area contributed by atoms with Gasteiger partial charge in [-0.3, -0.25) is 14.4 Å². The molecule has 0 saturated carbocycles. The van der Waals surface area contributed by atoms with Crippen molar-refractivity contribution in [3.8, 4) is 11.4 Å². The molecular formula is C31H36FN5O6. The zero-order valence-electron chi connectivity index (χ0n) is 24.9. The maximum Gasteiger partial charge on any atom is 0.343 e. The quantitative estimate of drug-likeness (QED) is 0.287. The Bertz CT molecular complexity index is 1750. The third kappa shape index (κ3) is 4.51. The van der Waals surface area contributed by atoms with Crippen LogP contribution in [0.3, 0.4) is 0 Å². The molecule has 0 fully saturated rings. The highest BCUT2D eigenvalue weighted by atomic mass is 19.1. The van der Waals surface area contributed by atoms with E-state index in [9.17, 15) is 19.2 Å². The molecule has 5 N–H and O–H groups in total. The Balaban J connectivity index is 0.00000180. The molecule has 0 bridgehead atoms. The molecule has 6 rings (SSSR count). The first kappa shape index (κ1) is 30.3. The summed E-state index contributed by atoms with van der Waals surface area (Å²) in [5.74, 6) is -2.21. The Morgan fingerprint density at radius 1 is 1.26 bits per heavy atom. The van der Waals surface area contributed by atoms with Crippen LogP contribution in [0.1, 0.15) is 79.5 Å². The largest absolute Gasteiger partial charge is 0.458 e. The van der Waals surface area contributed by atoms with Crippen LogP contribution in [0.5, 0.6) is 0 Å². The van der Waals surface area contributed by atoms with Crippen molar-refractivity contribution < 1.29 is 28.2 Å². The molecule has 0 spiro atoms. The number of benzene rings is 1. The maximum atomic E-state index is 15.1. The molecule has 2 aliphatic heterocycles. The van der Waals surface area contributed by atoms with Gasteiger partial charge < -0.3 is 30.8 Å². The fourth-order valence-corrected chi connectivity index (χ4v) is 6.61. The molecule has 3 aliphatic rings. The van der Waals surface area contributed by atoms with Crippen LogP contribution in [0.2, 0.25) is 0 Å². The highest BCUT2D eigenvalue weighted by Crippen LogP contribution is 2.46. The van der Waals surface area contributed by atoms with Crippen LogP contribution < -0.4 is 22.3 Å². The third-order valence-corrected chi connectivity index (χ3v) is 8.77. The standard InChI is InChI=1S/C29H30FN5O6.C2H6/c1-4-29(40-3)16-7-21-25-14(10-35(21)27(38)15(16)11-41-28(29)39)24-19(34-26(37)18(31)9-22(32)36)6-5-13-12(2)17(30)8-20(33-25)23(13)24;1-2/h7-8,18-19H,4-6,9-11,31H2,1-3H3,(H2,32,36)(H,34,37);1-2H3. The second-order valence-corrected chi connectivity index (χ2v) is 10.9. The Kier molecular flexibility index (Phi) is 7.86. The van der Waals surface area contributed by atoms with Crippen molar-refractivity contribution in [3.05, 3.63) is 61.7 Å². The van der Waals surface area contributed by atoms with E-state index in [4.69, 9.17) is 25.9 Å². The van der Waals surface area contributed by atoms with Crippen molar-refractivity contribution in [2.45, 2.75) is 84.2 Å². The molecule has 228 valence electrons. The number of esters is 1. The van der Waals surface area contributed by atoms with Crippen molar-refractivity contribution >= 4 is 28.7 Å². The molecule has 1 aliphatic carbocycles. The first-order chi connectivity index (χ1) is 20.5. The van der Waals surface area contributed by atoms with Gasteiger partial charge in [0, 0.05) is 29.7 Å². The van der Waals surface area contributed by atoms with E-state index in [0.29, 0.717) is 52.0 Å². The van der Waals surface area contributed by atoms with Gasteiger partial charge in [0.05, 0.1) is 47.5 Å². The summed E-state index contributed by atoms with van der Waals surface area (Å²) in [4.78, 5) is 55.9. The fraction of sp³-hybridized carbons (Fsp3) is 0.452. The lowest BCUT2D eigenvalue weighted by molar-refractivity contribution is -0.176. The number of methoxy groups -OCH3 is 1. The Morgan fingerprint density at radius 3 is 2.63 bits per heavy atom. The van der Waals surface area contributed by atoms with Crippen molar-refractivity contribution in [2.24, 2.45) is 11.5 Å². The van der Waals surface area contributed by atoms with Gasteiger partial charge in [-0.15, -0.1) is 0 Å². The van der Waals surface area contributed by atoms with Gasteiger partial charge in [0.15, 0.2) is 5.60 Å². The van der Waals surface area contributed by atoms with Crippen LogP contribution in [0.25, 0.3) is 22.3 Å². The normalized spacial score (nSPS) is 20.3. The number of carbonyl (C=O) groups is 3. The van der Waals surface area contributed by atoms with Gasteiger partial charge in [-0.2, -0.15) is 0 Å². The Labute approximate surface area is 247 Å². The van der Waals surface area contributed by atoms with Gasteiger partial charge >= 0.3 is 5.97 Å². The van der Waals surface area contributed by atoms with E-state index in [0.717, 1.165) is 16.5 Å². The third-order valence-electron chi connectivity index (χ3n) is 8.77. The van der Waals surface area contributed by atoms with Crippen LogP contribution in [0.4, 0.5) is 4.39 Å². The second-order valence-electron chi connectivity index (χ2n) is 10.9. The minimum atomic E-state index is -1.44. The van der Waals surface area contributed by atoms with E-state index in [-0.39, 0.29) is 31.6 Å². The molecule has 0 saturated heterocycles. The van der Waals surface area contributed by atoms with E-state index in [1.54, 1.807) is 24.5 Å². The molecule has 1 aromatic carbocycles. The van der Waals surface area contributed by atoms with E-state index in [2.05, 4.69) is 5.32 Å². The van der Waals surface area contributed by atoms with Crippen molar-refractivity contribution in [1.82, 2.24) is 14.9 Å². The van der Waals surface area contributed by atoms with Gasteiger partial charge in [-0.1, -0.05) is 20.8 Å². The smallest absolute Gasteiger partial charge is 0.343 e. The van der Waals surface area contributed by atoms with E-state index in [1.807, 2.05) is 13.8 Å². The van der Waals surface area contributed by atoms with Gasteiger partial charge in [0.2, 0.25) is 11.8 Å². The molecule has 12 heteroatoms. The van der Waals surface area contributed by atoms with Gasteiger partial charge in [-0.25, -0.2) is 14.2 Å². The summed E-state index contributed by atoms with van der Waals surface area (Å²) in [6.45, 7) is 7.46. The number of pyridine rings is 2. The number of amides is 2. The molecule has 43 heavy (non-hydrogen) atoms. The number of hydrogen-bond donors (Lipinski definition) is 3. The monoisotopic (exact) mass is 593 g/mol. The highest BCUT2D eigenvalue weighted by Gasteiger charge is 2.47. The lowest BCUT2D eigenvalue weighted by atomic mass is 9.81. The van der Waals surface area contributed by atoms with Gasteiger partial charge in [0.1, 0.15) is 12.4 Å². The minimum Gasteiger partial charge on any atom is -0.458 e. The van der Waals surface area contributed by atoms with Crippen LogP contribution in [-0.2, 0) is 49.0 Å². The van der Waals surface area contributed by atoms with Crippen LogP contribution in [0, 0.1) is 12.7 Å². The Morgan fingerprint density at radius 2 is 1.98 bits per heavy atom. The summed E-state index contributed by atoms with van der Waals surface area (Å²) >= 11 is 0. The molecule has 4 heterocycles. The number of nitrogens with two attached hydrogens (primary N) is 2. The number of carbonyl (C=O) groups excluding carboxylic acids is 3. The molecular weight excluding hydrogens is 557 g/mol. The van der Waals surface area contributed by atoms with E-state index in [1.165, 1.54) is 13.2 Å². The molecule has 3 unspecified atom stereocenters. The summed E-state index contributed by atoms with van der Waals surface area (Å²) in [5, 5.41) is 3.69. The fourth-order valence-electron chi connectivity index (χ4n) is 6.61. The minimum absolute atomic E-state index is 0.157. The number of ether oxygens (including phenoxy) is 2. The summed E-state index contributed by atoms with van der Waals surface area (Å²) in [5.41, 5.74) is 14.2. The zero-order valence-corrected chi connectivity index (χ0v) is 24.9. The van der Waals surface area contributed by atoms with E-state index < -0.39 is 41.3 Å². The molecule has 11 nitrogen and oxygen atoms in total. The summed E-state index contributed by atoms with van der Waals surface area (Å²) in [7, 11) is 1.40. The lowest BCUT2D eigenvalue weighted by Crippen LogP contribution is -2.45. The van der Waals surface area contributed by atoms with Gasteiger partial charge in [-0.05, 0) is 48.9 Å². The average molecular weight is 594 g/mol. The van der Waals surface area contributed by atoms with Crippen LogP contribution >= 0.6 is 0 Å². The topological polar surface area (TPSA) is 169 Å². The maximum absolute atomic E-state index is 15.1. The summed E-state index contributed by atoms with van der Waals surface area (Å²) in [6.07, 6.45) is 0.867. The molecule has 0 radical (unpaired) electrons. The lowest BCUT2D eigenvalue weighted by Gasteiger charge is -2.35. The molecule has 2 aromatic heterocycles. The van der Waals surface area contributed by atoms with Crippen LogP contribution in [0.15, 0.2) is 16.9 Å². The molecule has 3 aromatic rings. The number of primary amides is 1. The number of nitrogens with one attached hydrogen (secondary N) is 1. The van der Waals surface area contributed by atoms with Crippen LogP contribution in [-0.4, -0.2) is 40.5 Å². The zero-order chi connectivity index (χ0) is 31.4. The van der Waals surface area contributed by atoms with E-state index >= 15 is 4.39 Å². The average Bonchev–Trinajstić information content (AvgIpc) is 3.36. The summed E-state index contributed by atoms with van der Waals surface area (Å²) in [6, 6.07) is 1.45. The SMILES string of the molecule is CC.CCC1(OC)C(=O)OCc2c1cc1n(c2=O)Cc2c-1nc1cc(F)c(C)c3c1c2C(NC(=O)C(N)CC(N)=O)CC3. The molecule has 3 atom stereocenters. The van der Waals surface area contributed by atoms with Gasteiger partial charge in [0.25, 0.3) is 5.56 Å². The highest BCUT2D eigenvalue weighted by molar-refractivity contribution is 5.94. The number of aromatic nitrogens is 2. The van der Waals surface area contributed by atoms with Crippen molar-refractivity contribution in [1.29, 1.82) is 0 Å². The number of nitrogens with zero attached hydrogens (tertiary/aromatic N) is 2. The first-order valence-electron chi connectivity index (χ1n) is 14.5. The first-order valence-corrected chi connectivity index (χ1v) is 14.5. The molecule has 2 amide bonds. The Hall–Kier alpha value is -4.16. The van der Waals surface area contributed by atoms with Crippen molar-refractivity contribution in [2.75, 3.05) is 7.11 Å². The second kappa shape index (κ2) is 11.2. The number of cyclic esters (lactones) is 1. The predicted molar refractivity (Wildman–Crippen MR) is 156 cm³/mol. The number of rotatable bonds is 6. The predicted octanol–water partition coefficient (Wildman–Crippen LogP) is 2.51. The summed E-state index contributed by atoms with van der Waals surface area (Å²) < 4.78 is 27.7. The number of fused-ring (bicyclic) bond motifs is 5. The number of halogens is 1.